The number of aromatic amines is 1. The third kappa shape index (κ3) is 2.38. The van der Waals surface area contributed by atoms with Gasteiger partial charge in [-0.2, -0.15) is 0 Å². The van der Waals surface area contributed by atoms with Crippen LogP contribution in [-0.2, 0) is 11.2 Å². The molecule has 0 aliphatic carbocycles. The lowest BCUT2D eigenvalue weighted by Crippen LogP contribution is -2.00. The number of methoxy groups -OCH3 is 1. The van der Waals surface area contributed by atoms with Gasteiger partial charge in [0, 0.05) is 17.8 Å². The summed E-state index contributed by atoms with van der Waals surface area (Å²) >= 11 is 0. The molecule has 2 rings (SSSR count). The molecule has 0 radical (unpaired) electrons. The van der Waals surface area contributed by atoms with Gasteiger partial charge in [-0.15, -0.1) is 0 Å². The second-order valence-corrected chi connectivity index (χ2v) is 4.54. The Labute approximate surface area is 111 Å². The number of esters is 1. The highest BCUT2D eigenvalue weighted by molar-refractivity contribution is 6.03. The highest BCUT2D eigenvalue weighted by atomic mass is 16.5. The third-order valence-corrected chi connectivity index (χ3v) is 3.18. The van der Waals surface area contributed by atoms with Crippen LogP contribution in [0, 0.1) is 0 Å². The Morgan fingerprint density at radius 3 is 2.63 bits per heavy atom. The van der Waals surface area contributed by atoms with Crippen molar-refractivity contribution in [2.24, 2.45) is 0 Å². The topological polar surface area (TPSA) is 59.2 Å². The van der Waals surface area contributed by atoms with E-state index in [9.17, 15) is 9.59 Å². The van der Waals surface area contributed by atoms with Crippen LogP contribution < -0.4 is 0 Å². The monoisotopic (exact) mass is 259 g/mol. The highest BCUT2D eigenvalue weighted by Gasteiger charge is 2.16. The average molecular weight is 259 g/mol. The van der Waals surface area contributed by atoms with Crippen LogP contribution in [0.15, 0.2) is 18.2 Å². The zero-order valence-corrected chi connectivity index (χ0v) is 11.4. The molecule has 0 bridgehead atoms. The maximum Gasteiger partial charge on any atom is 0.337 e. The molecule has 0 atom stereocenters. The van der Waals surface area contributed by atoms with E-state index in [0.29, 0.717) is 11.3 Å². The summed E-state index contributed by atoms with van der Waals surface area (Å²) in [4.78, 5) is 26.4. The minimum Gasteiger partial charge on any atom is -0.465 e. The fraction of sp³-hybridized carbons (Fsp3) is 0.333. The Morgan fingerprint density at radius 2 is 2.05 bits per heavy atom. The van der Waals surface area contributed by atoms with Crippen molar-refractivity contribution in [1.29, 1.82) is 0 Å². The van der Waals surface area contributed by atoms with Crippen LogP contribution >= 0.6 is 0 Å². The van der Waals surface area contributed by atoms with E-state index in [4.69, 9.17) is 4.74 Å². The number of rotatable bonds is 4. The minimum absolute atomic E-state index is 0.0132. The first-order chi connectivity index (χ1) is 9.08. The summed E-state index contributed by atoms with van der Waals surface area (Å²) in [6.45, 7) is 3.61. The Morgan fingerprint density at radius 1 is 1.32 bits per heavy atom. The number of Topliss-reactive ketones (excluding diaryl/α,β-unsaturated/α-hetero) is 1. The normalized spacial score (nSPS) is 10.7. The number of fused-ring (bicyclic) bond motifs is 1. The van der Waals surface area contributed by atoms with E-state index in [1.165, 1.54) is 7.11 Å². The zero-order chi connectivity index (χ0) is 14.0. The van der Waals surface area contributed by atoms with Gasteiger partial charge in [0.1, 0.15) is 0 Å². The molecule has 0 saturated heterocycles. The molecule has 0 amide bonds. The number of aromatic nitrogens is 1. The van der Waals surface area contributed by atoms with E-state index in [-0.39, 0.29) is 11.8 Å². The number of ketones is 1. The van der Waals surface area contributed by atoms with Crippen molar-refractivity contribution in [3.63, 3.8) is 0 Å². The second-order valence-electron chi connectivity index (χ2n) is 4.54. The number of hydrogen-bond acceptors (Lipinski definition) is 3. The predicted molar refractivity (Wildman–Crippen MR) is 73.6 cm³/mol. The van der Waals surface area contributed by atoms with Crippen molar-refractivity contribution in [1.82, 2.24) is 4.98 Å². The Kier molecular flexibility index (Phi) is 3.69. The molecule has 4 heteroatoms. The smallest absolute Gasteiger partial charge is 0.337 e. The number of carbonyl (C=O) groups excluding carboxylic acids is 2. The van der Waals surface area contributed by atoms with E-state index in [1.807, 2.05) is 6.07 Å². The summed E-state index contributed by atoms with van der Waals surface area (Å²) < 4.78 is 4.72. The van der Waals surface area contributed by atoms with Crippen LogP contribution in [0.3, 0.4) is 0 Å². The summed E-state index contributed by atoms with van der Waals surface area (Å²) in [6.07, 6.45) is 1.75. The Hall–Kier alpha value is -2.10. The van der Waals surface area contributed by atoms with E-state index in [0.717, 1.165) is 29.3 Å². The van der Waals surface area contributed by atoms with Crippen LogP contribution in [0.5, 0.6) is 0 Å². The van der Waals surface area contributed by atoms with Crippen molar-refractivity contribution in [3.8, 4) is 0 Å². The standard InChI is InChI=1S/C15H17NO3/c1-4-5-11-12-8-10(15(18)19-3)6-7-13(12)16-14(11)9(2)17/h6-8,16H,4-5H2,1-3H3. The van der Waals surface area contributed by atoms with Gasteiger partial charge < -0.3 is 9.72 Å². The highest BCUT2D eigenvalue weighted by Crippen LogP contribution is 2.25. The molecule has 1 heterocycles. The molecule has 0 aliphatic rings. The predicted octanol–water partition coefficient (Wildman–Crippen LogP) is 3.11. The lowest BCUT2D eigenvalue weighted by molar-refractivity contribution is 0.0601. The maximum atomic E-state index is 11.7. The second kappa shape index (κ2) is 5.26. The van der Waals surface area contributed by atoms with Crippen LogP contribution in [0.1, 0.15) is 46.7 Å². The molecule has 0 saturated carbocycles. The van der Waals surface area contributed by atoms with Crippen molar-refractivity contribution >= 4 is 22.7 Å². The Bertz CT molecular complexity index is 640. The van der Waals surface area contributed by atoms with Crippen LogP contribution in [0.25, 0.3) is 10.9 Å². The van der Waals surface area contributed by atoms with Crippen molar-refractivity contribution in [3.05, 3.63) is 35.0 Å². The first-order valence-electron chi connectivity index (χ1n) is 6.32. The fourth-order valence-corrected chi connectivity index (χ4v) is 2.30. The van der Waals surface area contributed by atoms with Gasteiger partial charge >= 0.3 is 5.97 Å². The minimum atomic E-state index is -0.366. The van der Waals surface area contributed by atoms with Gasteiger partial charge in [0.15, 0.2) is 5.78 Å². The first-order valence-corrected chi connectivity index (χ1v) is 6.32. The van der Waals surface area contributed by atoms with Gasteiger partial charge in [-0.05, 0) is 30.2 Å². The molecule has 100 valence electrons. The van der Waals surface area contributed by atoms with E-state index in [1.54, 1.807) is 19.1 Å². The number of ether oxygens (including phenoxy) is 1. The van der Waals surface area contributed by atoms with Gasteiger partial charge in [0.2, 0.25) is 0 Å². The Balaban J connectivity index is 2.65. The molecule has 0 spiro atoms. The van der Waals surface area contributed by atoms with Crippen molar-refractivity contribution < 1.29 is 14.3 Å². The summed E-state index contributed by atoms with van der Waals surface area (Å²) in [6, 6.07) is 5.30. The zero-order valence-electron chi connectivity index (χ0n) is 11.4. The summed E-state index contributed by atoms with van der Waals surface area (Å²) in [7, 11) is 1.36. The molecule has 4 nitrogen and oxygen atoms in total. The van der Waals surface area contributed by atoms with Crippen LogP contribution in [0.2, 0.25) is 0 Å². The van der Waals surface area contributed by atoms with E-state index in [2.05, 4.69) is 11.9 Å². The molecule has 1 aromatic heterocycles. The fourth-order valence-electron chi connectivity index (χ4n) is 2.30. The number of nitrogens with one attached hydrogen (secondary N) is 1. The first kappa shape index (κ1) is 13.3. The molecule has 0 aliphatic heterocycles. The third-order valence-electron chi connectivity index (χ3n) is 3.18. The largest absolute Gasteiger partial charge is 0.465 e. The van der Waals surface area contributed by atoms with Gasteiger partial charge in [-0.1, -0.05) is 13.3 Å². The number of hydrogen-bond donors (Lipinski definition) is 1. The van der Waals surface area contributed by atoms with E-state index >= 15 is 0 Å². The van der Waals surface area contributed by atoms with Gasteiger partial charge in [-0.3, -0.25) is 4.79 Å². The van der Waals surface area contributed by atoms with Gasteiger partial charge in [0.05, 0.1) is 18.4 Å². The van der Waals surface area contributed by atoms with Gasteiger partial charge in [0.25, 0.3) is 0 Å². The molecular formula is C15H17NO3. The molecule has 1 aromatic carbocycles. The molecule has 0 unspecified atom stereocenters. The van der Waals surface area contributed by atoms with Crippen molar-refractivity contribution in [2.45, 2.75) is 26.7 Å². The summed E-state index contributed by atoms with van der Waals surface area (Å²) in [5, 5.41) is 0.926. The molecular weight excluding hydrogens is 242 g/mol. The molecule has 2 aromatic rings. The lowest BCUT2D eigenvalue weighted by atomic mass is 10.0. The number of carbonyl (C=O) groups is 2. The quantitative estimate of drug-likeness (QED) is 0.678. The maximum absolute atomic E-state index is 11.7. The van der Waals surface area contributed by atoms with Gasteiger partial charge in [-0.25, -0.2) is 4.79 Å². The molecule has 0 fully saturated rings. The summed E-state index contributed by atoms with van der Waals surface area (Å²) in [5.41, 5.74) is 3.00. The van der Waals surface area contributed by atoms with E-state index < -0.39 is 0 Å². The number of benzene rings is 1. The van der Waals surface area contributed by atoms with Crippen LogP contribution in [-0.4, -0.2) is 23.8 Å². The average Bonchev–Trinajstić information content (AvgIpc) is 2.77. The van der Waals surface area contributed by atoms with Crippen LogP contribution in [0.4, 0.5) is 0 Å². The molecule has 19 heavy (non-hydrogen) atoms. The number of aryl methyl sites for hydroxylation is 1. The lowest BCUT2D eigenvalue weighted by Gasteiger charge is -2.02. The SMILES string of the molecule is CCCc1c(C(C)=O)[nH]c2ccc(C(=O)OC)cc12. The summed E-state index contributed by atoms with van der Waals surface area (Å²) in [5.74, 6) is -0.353. The van der Waals surface area contributed by atoms with Crippen molar-refractivity contribution in [2.75, 3.05) is 7.11 Å². The number of H-pyrrole nitrogens is 1. The molecule has 1 N–H and O–H groups in total.